The first-order chi connectivity index (χ1) is 17.6. The van der Waals surface area contributed by atoms with E-state index in [4.69, 9.17) is 9.47 Å². The molecule has 0 saturated carbocycles. The van der Waals surface area contributed by atoms with Crippen LogP contribution < -0.4 is 5.32 Å². The quantitative estimate of drug-likeness (QED) is 0.618. The maximum absolute atomic E-state index is 12.9. The van der Waals surface area contributed by atoms with Crippen molar-refractivity contribution < 1.29 is 19.4 Å². The second kappa shape index (κ2) is 12.3. The first-order valence-electron chi connectivity index (χ1n) is 13.4. The Morgan fingerprint density at radius 3 is 2.39 bits per heavy atom. The van der Waals surface area contributed by atoms with E-state index in [1.165, 1.54) is 11.1 Å². The number of rotatable bonds is 7. The molecule has 0 radical (unpaired) electrons. The van der Waals surface area contributed by atoms with Crippen LogP contribution in [0.1, 0.15) is 36.8 Å². The molecule has 2 aromatic carbocycles. The summed E-state index contributed by atoms with van der Waals surface area (Å²) in [6.07, 6.45) is 2.44. The molecule has 3 fully saturated rings. The van der Waals surface area contributed by atoms with Gasteiger partial charge in [0.1, 0.15) is 0 Å². The van der Waals surface area contributed by atoms with E-state index in [-0.39, 0.29) is 30.2 Å². The lowest BCUT2D eigenvalue weighted by Gasteiger charge is -2.44. The van der Waals surface area contributed by atoms with E-state index in [0.717, 1.165) is 45.4 Å². The van der Waals surface area contributed by atoms with Gasteiger partial charge in [-0.05, 0) is 30.4 Å². The third kappa shape index (κ3) is 6.93. The summed E-state index contributed by atoms with van der Waals surface area (Å²) in [4.78, 5) is 17.6. The molecular formula is C29H39N3O4. The fourth-order valence-corrected chi connectivity index (χ4v) is 5.87. The van der Waals surface area contributed by atoms with Gasteiger partial charge in [0.25, 0.3) is 0 Å². The molecule has 0 aromatic heterocycles. The van der Waals surface area contributed by atoms with Crippen molar-refractivity contribution in [3.8, 4) is 0 Å². The lowest BCUT2D eigenvalue weighted by molar-refractivity contribution is -0.158. The van der Waals surface area contributed by atoms with Crippen LogP contribution in [0.25, 0.3) is 0 Å². The maximum atomic E-state index is 12.9. The average molecular weight is 494 g/mol. The van der Waals surface area contributed by atoms with Crippen molar-refractivity contribution in [2.45, 2.75) is 69.2 Å². The minimum Gasteiger partial charge on any atom is -0.389 e. The molecule has 2 aromatic rings. The van der Waals surface area contributed by atoms with Gasteiger partial charge in [0.05, 0.1) is 37.9 Å². The predicted molar refractivity (Wildman–Crippen MR) is 138 cm³/mol. The topological polar surface area (TPSA) is 74.3 Å². The molecule has 7 heteroatoms. The van der Waals surface area contributed by atoms with Gasteiger partial charge in [0.15, 0.2) is 0 Å². The minimum absolute atomic E-state index is 0.0772. The Morgan fingerprint density at radius 2 is 1.64 bits per heavy atom. The van der Waals surface area contributed by atoms with E-state index in [2.05, 4.69) is 51.5 Å². The first-order valence-corrected chi connectivity index (χ1v) is 13.4. The predicted octanol–water partition coefficient (Wildman–Crippen LogP) is 2.58. The van der Waals surface area contributed by atoms with Gasteiger partial charge in [0, 0.05) is 44.8 Å². The summed E-state index contributed by atoms with van der Waals surface area (Å²) in [6.45, 7) is 4.91. The van der Waals surface area contributed by atoms with Crippen molar-refractivity contribution in [3.63, 3.8) is 0 Å². The monoisotopic (exact) mass is 493 g/mol. The molecule has 7 nitrogen and oxygen atoms in total. The third-order valence-corrected chi connectivity index (χ3v) is 7.62. The van der Waals surface area contributed by atoms with E-state index in [0.29, 0.717) is 26.2 Å². The Kier molecular flexibility index (Phi) is 8.67. The van der Waals surface area contributed by atoms with Crippen LogP contribution in [0.4, 0.5) is 0 Å². The molecule has 5 atom stereocenters. The number of nitrogens with zero attached hydrogens (tertiary/aromatic N) is 2. The van der Waals surface area contributed by atoms with Crippen LogP contribution in [0.15, 0.2) is 60.7 Å². The Labute approximate surface area is 214 Å². The Morgan fingerprint density at radius 1 is 0.917 bits per heavy atom. The molecule has 3 aliphatic rings. The first kappa shape index (κ1) is 25.4. The third-order valence-electron chi connectivity index (χ3n) is 7.62. The molecule has 36 heavy (non-hydrogen) atoms. The second-order valence-electron chi connectivity index (χ2n) is 10.5. The van der Waals surface area contributed by atoms with Crippen LogP contribution in [0.2, 0.25) is 0 Å². The van der Waals surface area contributed by atoms with E-state index in [9.17, 15) is 9.90 Å². The zero-order valence-corrected chi connectivity index (χ0v) is 21.0. The summed E-state index contributed by atoms with van der Waals surface area (Å²) in [6, 6.07) is 21.2. The molecular weight excluding hydrogens is 454 g/mol. The smallest absolute Gasteiger partial charge is 0.222 e. The summed E-state index contributed by atoms with van der Waals surface area (Å²) in [7, 11) is 0. The molecule has 194 valence electrons. The summed E-state index contributed by atoms with van der Waals surface area (Å²) in [5, 5.41) is 13.6. The number of β-amino-alcohol motifs (C(OH)–C–C–N with tert-alkyl or cyclic N) is 1. The maximum Gasteiger partial charge on any atom is 0.222 e. The second-order valence-corrected chi connectivity index (χ2v) is 10.5. The normalized spacial score (nSPS) is 29.8. The number of fused-ring (bicyclic) bond motifs is 1. The number of nitrogens with one attached hydrogen (secondary N) is 1. The van der Waals surface area contributed by atoms with E-state index >= 15 is 0 Å². The fourth-order valence-electron chi connectivity index (χ4n) is 5.87. The standard InChI is InChI=1S/C29H39N3O4/c33-25-19-32(17-23-9-5-2-6-10-23)27-12-11-26(36-28(27)21-35-20-25)15-29(34)30-24-13-14-31(18-24)16-22-7-3-1-4-8-22/h1-10,24-28,33H,11-21H2,(H,30,34)/t24-,25-,26+,27+,28-/m1/s1. The molecule has 0 aliphatic carbocycles. The summed E-state index contributed by atoms with van der Waals surface area (Å²) in [5.41, 5.74) is 2.54. The van der Waals surface area contributed by atoms with E-state index in [1.54, 1.807) is 0 Å². The number of aliphatic hydroxyl groups excluding tert-OH is 1. The highest BCUT2D eigenvalue weighted by Gasteiger charge is 2.38. The van der Waals surface area contributed by atoms with Crippen LogP contribution in [0.3, 0.4) is 0 Å². The summed E-state index contributed by atoms with van der Waals surface area (Å²) < 4.78 is 12.2. The average Bonchev–Trinajstić information content (AvgIpc) is 3.30. The molecule has 2 N–H and O–H groups in total. The zero-order chi connectivity index (χ0) is 24.7. The molecule has 0 bridgehead atoms. The fraction of sp³-hybridized carbons (Fsp3) is 0.552. The number of hydrogen-bond acceptors (Lipinski definition) is 6. The van der Waals surface area contributed by atoms with Crippen molar-refractivity contribution in [1.29, 1.82) is 0 Å². The number of aliphatic hydroxyl groups is 1. The molecule has 3 saturated heterocycles. The van der Waals surface area contributed by atoms with Gasteiger partial charge in [-0.2, -0.15) is 0 Å². The Balaban J connectivity index is 1.11. The number of hydrogen-bond donors (Lipinski definition) is 2. The number of carbonyl (C=O) groups excluding carboxylic acids is 1. The SMILES string of the molecule is O=C(C[C@@H]1CC[C@H]2[C@@H](COC[C@H](O)CN2Cc2ccccc2)O1)N[C@@H]1CCN(Cc2ccccc2)C1. The van der Waals surface area contributed by atoms with Crippen molar-refractivity contribution >= 4 is 5.91 Å². The van der Waals surface area contributed by atoms with Gasteiger partial charge in [-0.25, -0.2) is 0 Å². The van der Waals surface area contributed by atoms with Crippen molar-refractivity contribution in [2.24, 2.45) is 0 Å². The Bertz CT molecular complexity index is 960. The van der Waals surface area contributed by atoms with E-state index in [1.807, 2.05) is 24.3 Å². The highest BCUT2D eigenvalue weighted by atomic mass is 16.5. The summed E-state index contributed by atoms with van der Waals surface area (Å²) >= 11 is 0. The van der Waals surface area contributed by atoms with Crippen LogP contribution in [0.5, 0.6) is 0 Å². The van der Waals surface area contributed by atoms with Gasteiger partial charge in [0.2, 0.25) is 5.91 Å². The van der Waals surface area contributed by atoms with Crippen LogP contribution in [0, 0.1) is 0 Å². The zero-order valence-electron chi connectivity index (χ0n) is 21.0. The van der Waals surface area contributed by atoms with Gasteiger partial charge in [-0.15, -0.1) is 0 Å². The summed E-state index contributed by atoms with van der Waals surface area (Å²) in [5.74, 6) is 0.0772. The number of likely N-dealkylation sites (tertiary alicyclic amines) is 1. The molecule has 0 spiro atoms. The lowest BCUT2D eigenvalue weighted by atomic mass is 9.94. The number of amides is 1. The van der Waals surface area contributed by atoms with Gasteiger partial charge in [-0.3, -0.25) is 14.6 Å². The minimum atomic E-state index is -0.508. The Hall–Kier alpha value is -2.29. The highest BCUT2D eigenvalue weighted by molar-refractivity contribution is 5.76. The van der Waals surface area contributed by atoms with Gasteiger partial charge < -0.3 is 19.9 Å². The largest absolute Gasteiger partial charge is 0.389 e. The van der Waals surface area contributed by atoms with Gasteiger partial charge >= 0.3 is 0 Å². The van der Waals surface area contributed by atoms with Crippen LogP contribution in [-0.2, 0) is 27.4 Å². The number of ether oxygens (including phenoxy) is 2. The van der Waals surface area contributed by atoms with Gasteiger partial charge in [-0.1, -0.05) is 60.7 Å². The molecule has 1 amide bonds. The molecule has 3 heterocycles. The van der Waals surface area contributed by atoms with Crippen molar-refractivity contribution in [2.75, 3.05) is 32.8 Å². The number of benzene rings is 2. The lowest BCUT2D eigenvalue weighted by Crippen LogP contribution is -2.55. The molecule has 0 unspecified atom stereocenters. The molecule has 5 rings (SSSR count). The van der Waals surface area contributed by atoms with Crippen LogP contribution in [-0.4, -0.2) is 84.1 Å². The van der Waals surface area contributed by atoms with Crippen molar-refractivity contribution in [1.82, 2.24) is 15.1 Å². The van der Waals surface area contributed by atoms with E-state index < -0.39 is 6.10 Å². The highest BCUT2D eigenvalue weighted by Crippen LogP contribution is 2.29. The van der Waals surface area contributed by atoms with Crippen molar-refractivity contribution in [3.05, 3.63) is 71.8 Å². The molecule has 3 aliphatic heterocycles. The van der Waals surface area contributed by atoms with Crippen LogP contribution >= 0.6 is 0 Å². The number of carbonyl (C=O) groups is 1.